The molecule has 0 radical (unpaired) electrons. The number of nitrogens with one attached hydrogen (secondary N) is 1. The van der Waals surface area contributed by atoms with E-state index in [2.05, 4.69) is 22.3 Å². The summed E-state index contributed by atoms with van der Waals surface area (Å²) in [5.74, 6) is 0.574. The molecule has 0 bridgehead atoms. The van der Waals surface area contributed by atoms with Crippen LogP contribution in [0.3, 0.4) is 0 Å². The van der Waals surface area contributed by atoms with Crippen LogP contribution >= 0.6 is 0 Å². The molecular formula is C17H19FN4O. The molecule has 0 aliphatic heterocycles. The highest BCUT2D eigenvalue weighted by Crippen LogP contribution is 2.22. The number of anilines is 1. The Morgan fingerprint density at radius 1 is 1.17 bits per heavy atom. The normalized spacial score (nSPS) is 11.0. The van der Waals surface area contributed by atoms with Crippen LogP contribution in [0.25, 0.3) is 16.9 Å². The first-order chi connectivity index (χ1) is 11.3. The summed E-state index contributed by atoms with van der Waals surface area (Å²) in [6.45, 7) is 4.15. The fourth-order valence-electron chi connectivity index (χ4n) is 2.31. The number of ether oxygens (including phenoxy) is 1. The number of benzene rings is 1. The van der Waals surface area contributed by atoms with Gasteiger partial charge < -0.3 is 10.1 Å². The van der Waals surface area contributed by atoms with Crippen LogP contribution in [0.2, 0.25) is 0 Å². The summed E-state index contributed by atoms with van der Waals surface area (Å²) >= 11 is 0. The lowest BCUT2D eigenvalue weighted by Gasteiger charge is -2.11. The second kappa shape index (κ2) is 7.19. The maximum Gasteiger partial charge on any atom is 0.157 e. The molecule has 1 N–H and O–H groups in total. The van der Waals surface area contributed by atoms with Crippen molar-refractivity contribution >= 4 is 11.5 Å². The predicted molar refractivity (Wildman–Crippen MR) is 88.0 cm³/mol. The minimum atomic E-state index is -0.259. The van der Waals surface area contributed by atoms with E-state index >= 15 is 0 Å². The summed E-state index contributed by atoms with van der Waals surface area (Å²) in [5.41, 5.74) is 2.37. The van der Waals surface area contributed by atoms with Crippen molar-refractivity contribution in [2.24, 2.45) is 0 Å². The summed E-state index contributed by atoms with van der Waals surface area (Å²) in [4.78, 5) is 4.56. The van der Waals surface area contributed by atoms with Gasteiger partial charge in [0.25, 0.3) is 0 Å². The molecule has 0 atom stereocenters. The first-order valence-corrected chi connectivity index (χ1v) is 7.70. The molecule has 23 heavy (non-hydrogen) atoms. The van der Waals surface area contributed by atoms with Gasteiger partial charge in [-0.25, -0.2) is 9.37 Å². The van der Waals surface area contributed by atoms with Gasteiger partial charge in [0.05, 0.1) is 18.5 Å². The molecule has 1 aromatic carbocycles. The summed E-state index contributed by atoms with van der Waals surface area (Å²) in [5, 5.41) is 7.59. The Balaban J connectivity index is 1.84. The monoisotopic (exact) mass is 314 g/mol. The van der Waals surface area contributed by atoms with Crippen molar-refractivity contribution in [2.45, 2.75) is 13.3 Å². The predicted octanol–water partition coefficient (Wildman–Crippen LogP) is 3.37. The minimum absolute atomic E-state index is 0.259. The summed E-state index contributed by atoms with van der Waals surface area (Å²) < 4.78 is 20.3. The number of halogens is 1. The van der Waals surface area contributed by atoms with Crippen LogP contribution in [0.4, 0.5) is 10.2 Å². The maximum absolute atomic E-state index is 13.1. The van der Waals surface area contributed by atoms with Gasteiger partial charge in [-0.3, -0.25) is 0 Å². The Morgan fingerprint density at radius 3 is 2.78 bits per heavy atom. The number of rotatable bonds is 7. The zero-order chi connectivity index (χ0) is 16.1. The summed E-state index contributed by atoms with van der Waals surface area (Å²) in [6.07, 6.45) is 2.71. The van der Waals surface area contributed by atoms with Gasteiger partial charge in [-0.05, 0) is 30.7 Å². The molecule has 3 aromatic rings. The summed E-state index contributed by atoms with van der Waals surface area (Å²) in [7, 11) is 0. The maximum atomic E-state index is 13.1. The molecule has 0 amide bonds. The molecule has 0 aliphatic carbocycles. The average Bonchev–Trinajstić information content (AvgIpc) is 3.04. The fraction of sp³-hybridized carbons (Fsp3) is 0.294. The smallest absolute Gasteiger partial charge is 0.157 e. The van der Waals surface area contributed by atoms with Crippen molar-refractivity contribution in [1.29, 1.82) is 0 Å². The summed E-state index contributed by atoms with van der Waals surface area (Å²) in [6, 6.07) is 10.1. The van der Waals surface area contributed by atoms with Crippen LogP contribution in [0, 0.1) is 5.82 Å². The van der Waals surface area contributed by atoms with E-state index < -0.39 is 0 Å². The molecule has 0 saturated heterocycles. The van der Waals surface area contributed by atoms with E-state index in [0.29, 0.717) is 13.2 Å². The molecule has 0 unspecified atom stereocenters. The number of hydrogen-bond donors (Lipinski definition) is 1. The number of nitrogens with zero attached hydrogens (tertiary/aromatic N) is 3. The van der Waals surface area contributed by atoms with E-state index in [0.717, 1.165) is 35.8 Å². The van der Waals surface area contributed by atoms with Crippen molar-refractivity contribution in [1.82, 2.24) is 14.6 Å². The van der Waals surface area contributed by atoms with Gasteiger partial charge in [-0.2, -0.15) is 9.61 Å². The lowest BCUT2D eigenvalue weighted by molar-refractivity contribution is 0.144. The highest BCUT2D eigenvalue weighted by Gasteiger charge is 2.08. The largest absolute Gasteiger partial charge is 0.380 e. The van der Waals surface area contributed by atoms with E-state index in [9.17, 15) is 4.39 Å². The highest BCUT2D eigenvalue weighted by molar-refractivity contribution is 5.66. The Kier molecular flexibility index (Phi) is 4.83. The van der Waals surface area contributed by atoms with Crippen LogP contribution in [-0.4, -0.2) is 34.4 Å². The molecule has 6 heteroatoms. The molecule has 5 nitrogen and oxygen atoms in total. The molecular weight excluding hydrogens is 295 g/mol. The first-order valence-electron chi connectivity index (χ1n) is 7.70. The lowest BCUT2D eigenvalue weighted by Crippen LogP contribution is -2.13. The molecule has 120 valence electrons. The van der Waals surface area contributed by atoms with Crippen LogP contribution in [0.5, 0.6) is 0 Å². The van der Waals surface area contributed by atoms with Crippen molar-refractivity contribution < 1.29 is 9.13 Å². The Hall–Kier alpha value is -2.47. The second-order valence-corrected chi connectivity index (χ2v) is 5.17. The first kappa shape index (κ1) is 15.4. The number of aromatic nitrogens is 3. The van der Waals surface area contributed by atoms with E-state index in [1.165, 1.54) is 12.1 Å². The number of fused-ring (bicyclic) bond motifs is 1. The van der Waals surface area contributed by atoms with Crippen LogP contribution < -0.4 is 5.32 Å². The van der Waals surface area contributed by atoms with Gasteiger partial charge in [0.15, 0.2) is 5.65 Å². The Bertz CT molecular complexity index is 770. The highest BCUT2D eigenvalue weighted by atomic mass is 19.1. The molecule has 3 rings (SSSR count). The fourth-order valence-corrected chi connectivity index (χ4v) is 2.31. The van der Waals surface area contributed by atoms with Crippen LogP contribution in [0.1, 0.15) is 13.3 Å². The molecule has 2 aromatic heterocycles. The Labute approximate surface area is 134 Å². The Morgan fingerprint density at radius 2 is 2.00 bits per heavy atom. The van der Waals surface area contributed by atoms with E-state index in [4.69, 9.17) is 4.74 Å². The van der Waals surface area contributed by atoms with Crippen molar-refractivity contribution in [3.8, 4) is 11.3 Å². The van der Waals surface area contributed by atoms with Gasteiger partial charge in [0.2, 0.25) is 0 Å². The second-order valence-electron chi connectivity index (χ2n) is 5.17. The minimum Gasteiger partial charge on any atom is -0.380 e. The number of hydrogen-bond acceptors (Lipinski definition) is 4. The molecule has 0 spiro atoms. The van der Waals surface area contributed by atoms with E-state index in [1.807, 2.05) is 12.1 Å². The van der Waals surface area contributed by atoms with Gasteiger partial charge in [-0.15, -0.1) is 0 Å². The van der Waals surface area contributed by atoms with Gasteiger partial charge in [0, 0.05) is 30.8 Å². The zero-order valence-electron chi connectivity index (χ0n) is 13.0. The van der Waals surface area contributed by atoms with E-state index in [-0.39, 0.29) is 5.82 Å². The third kappa shape index (κ3) is 3.65. The van der Waals surface area contributed by atoms with Gasteiger partial charge >= 0.3 is 0 Å². The topological polar surface area (TPSA) is 51.5 Å². The van der Waals surface area contributed by atoms with Crippen molar-refractivity contribution in [3.63, 3.8) is 0 Å². The van der Waals surface area contributed by atoms with Crippen molar-refractivity contribution in [3.05, 3.63) is 48.4 Å². The SMILES string of the molecule is CCCOCCNc1cc(-c2ccc(F)cc2)nc2ccnn12. The zero-order valence-corrected chi connectivity index (χ0v) is 13.0. The average molecular weight is 314 g/mol. The standard InChI is InChI=1S/C17H19FN4O/c1-2-10-23-11-9-19-17-12-15(13-3-5-14(18)6-4-13)21-16-7-8-20-22(16)17/h3-8,12,19H,2,9-11H2,1H3. The third-order valence-electron chi connectivity index (χ3n) is 3.40. The van der Waals surface area contributed by atoms with Crippen LogP contribution in [0.15, 0.2) is 42.6 Å². The van der Waals surface area contributed by atoms with Gasteiger partial charge in [0.1, 0.15) is 11.6 Å². The molecule has 0 fully saturated rings. The van der Waals surface area contributed by atoms with Crippen molar-refractivity contribution in [2.75, 3.05) is 25.1 Å². The quantitative estimate of drug-likeness (QED) is 0.679. The molecule has 2 heterocycles. The third-order valence-corrected chi connectivity index (χ3v) is 3.40. The molecule has 0 saturated carbocycles. The van der Waals surface area contributed by atoms with Gasteiger partial charge in [-0.1, -0.05) is 6.92 Å². The van der Waals surface area contributed by atoms with E-state index in [1.54, 1.807) is 22.8 Å². The lowest BCUT2D eigenvalue weighted by atomic mass is 10.1. The van der Waals surface area contributed by atoms with Crippen LogP contribution in [-0.2, 0) is 4.74 Å². The molecule has 0 aliphatic rings.